The first-order valence-electron chi connectivity index (χ1n) is 11.0. The number of anilines is 1. The summed E-state index contributed by atoms with van der Waals surface area (Å²) < 4.78 is 5.01. The van der Waals surface area contributed by atoms with Gasteiger partial charge in [0.15, 0.2) is 6.61 Å². The molecule has 3 rings (SSSR count). The molecule has 1 aliphatic heterocycles. The number of imide groups is 1. The van der Waals surface area contributed by atoms with Crippen LogP contribution in [-0.2, 0) is 19.1 Å². The van der Waals surface area contributed by atoms with Crippen LogP contribution in [0.15, 0.2) is 24.3 Å². The molecule has 0 aromatic heterocycles. The van der Waals surface area contributed by atoms with Gasteiger partial charge >= 0.3 is 12.0 Å². The van der Waals surface area contributed by atoms with E-state index in [4.69, 9.17) is 4.74 Å². The van der Waals surface area contributed by atoms with Gasteiger partial charge in [-0.25, -0.2) is 4.79 Å². The minimum atomic E-state index is -0.734. The summed E-state index contributed by atoms with van der Waals surface area (Å²) in [6, 6.07) is 7.22. The third-order valence-corrected chi connectivity index (χ3v) is 6.21. The molecule has 0 radical (unpaired) electrons. The molecule has 2 fully saturated rings. The van der Waals surface area contributed by atoms with Crippen molar-refractivity contribution in [2.45, 2.75) is 70.3 Å². The van der Waals surface area contributed by atoms with E-state index >= 15 is 0 Å². The summed E-state index contributed by atoms with van der Waals surface area (Å²) in [6.45, 7) is 4.05. The van der Waals surface area contributed by atoms with Crippen LogP contribution in [0.2, 0.25) is 0 Å². The molecule has 4 amide bonds. The molecule has 0 unspecified atom stereocenters. The van der Waals surface area contributed by atoms with E-state index in [1.165, 1.54) is 10.5 Å². The van der Waals surface area contributed by atoms with Gasteiger partial charge in [0.2, 0.25) is 0 Å². The number of nitrogens with zero attached hydrogens (tertiary/aromatic N) is 1. The van der Waals surface area contributed by atoms with Gasteiger partial charge in [0, 0.05) is 18.7 Å². The molecule has 1 atom stereocenters. The maximum atomic E-state index is 12.6. The Balaban J connectivity index is 1.36. The summed E-state index contributed by atoms with van der Waals surface area (Å²) in [5.74, 6) is -0.690. The number of urea groups is 1. The second-order valence-electron chi connectivity index (χ2n) is 8.42. The van der Waals surface area contributed by atoms with Crippen molar-refractivity contribution in [2.24, 2.45) is 0 Å². The van der Waals surface area contributed by atoms with Gasteiger partial charge in [0.1, 0.15) is 5.54 Å². The lowest BCUT2D eigenvalue weighted by Crippen LogP contribution is -2.44. The van der Waals surface area contributed by atoms with Gasteiger partial charge in [0.05, 0.1) is 0 Å². The Morgan fingerprint density at radius 3 is 2.52 bits per heavy atom. The Labute approximate surface area is 182 Å². The van der Waals surface area contributed by atoms with Gasteiger partial charge in [0.25, 0.3) is 11.8 Å². The average Bonchev–Trinajstić information content (AvgIpc) is 3.32. The van der Waals surface area contributed by atoms with Crippen LogP contribution in [0.3, 0.4) is 0 Å². The van der Waals surface area contributed by atoms with E-state index in [2.05, 4.69) is 24.5 Å². The molecule has 31 heavy (non-hydrogen) atoms. The van der Waals surface area contributed by atoms with Crippen molar-refractivity contribution in [1.29, 1.82) is 0 Å². The lowest BCUT2D eigenvalue weighted by atomic mass is 9.98. The highest BCUT2D eigenvalue weighted by atomic mass is 16.5. The molecule has 1 heterocycles. The lowest BCUT2D eigenvalue weighted by molar-refractivity contribution is -0.147. The van der Waals surface area contributed by atoms with E-state index in [0.717, 1.165) is 19.3 Å². The minimum Gasteiger partial charge on any atom is -0.456 e. The molecule has 2 N–H and O–H groups in total. The Bertz CT molecular complexity index is 830. The van der Waals surface area contributed by atoms with Gasteiger partial charge in [-0.15, -0.1) is 0 Å². The predicted octanol–water partition coefficient (Wildman–Crippen LogP) is 3.33. The van der Waals surface area contributed by atoms with Crippen molar-refractivity contribution in [2.75, 3.05) is 18.5 Å². The van der Waals surface area contributed by atoms with Crippen molar-refractivity contribution in [1.82, 2.24) is 10.2 Å². The zero-order valence-electron chi connectivity index (χ0n) is 18.2. The van der Waals surface area contributed by atoms with Crippen LogP contribution in [-0.4, -0.2) is 47.4 Å². The van der Waals surface area contributed by atoms with Crippen LogP contribution < -0.4 is 10.6 Å². The summed E-state index contributed by atoms with van der Waals surface area (Å²) in [5, 5.41) is 5.51. The second-order valence-corrected chi connectivity index (χ2v) is 8.42. The SMILES string of the molecule is CC[C@H](C)c1ccc(NC(=O)COC(=O)CCCN2C(=O)NC3(CCCC3)C2=O)cc1. The van der Waals surface area contributed by atoms with Crippen LogP contribution in [0.1, 0.15) is 70.3 Å². The predicted molar refractivity (Wildman–Crippen MR) is 115 cm³/mol. The fraction of sp³-hybridized carbons (Fsp3) is 0.565. The fourth-order valence-electron chi connectivity index (χ4n) is 4.12. The van der Waals surface area contributed by atoms with E-state index in [9.17, 15) is 19.2 Å². The third-order valence-electron chi connectivity index (χ3n) is 6.21. The molecule has 2 aliphatic rings. The summed E-state index contributed by atoms with van der Waals surface area (Å²) in [7, 11) is 0. The highest BCUT2D eigenvalue weighted by Crippen LogP contribution is 2.35. The summed E-state index contributed by atoms with van der Waals surface area (Å²) in [5.41, 5.74) is 1.12. The van der Waals surface area contributed by atoms with E-state index < -0.39 is 17.4 Å². The van der Waals surface area contributed by atoms with Gasteiger partial charge in [-0.2, -0.15) is 0 Å². The topological polar surface area (TPSA) is 105 Å². The molecule has 1 saturated heterocycles. The first kappa shape index (κ1) is 22.8. The summed E-state index contributed by atoms with van der Waals surface area (Å²) >= 11 is 0. The number of rotatable bonds is 9. The quantitative estimate of drug-likeness (QED) is 0.463. The molecular weight excluding hydrogens is 398 g/mol. The molecule has 1 aliphatic carbocycles. The van der Waals surface area contributed by atoms with Crippen molar-refractivity contribution in [3.63, 3.8) is 0 Å². The van der Waals surface area contributed by atoms with E-state index in [-0.39, 0.29) is 31.5 Å². The maximum absolute atomic E-state index is 12.6. The largest absolute Gasteiger partial charge is 0.456 e. The van der Waals surface area contributed by atoms with Crippen molar-refractivity contribution in [3.8, 4) is 0 Å². The van der Waals surface area contributed by atoms with Crippen molar-refractivity contribution < 1.29 is 23.9 Å². The second kappa shape index (κ2) is 9.94. The molecule has 1 aromatic rings. The Hall–Kier alpha value is -2.90. The minimum absolute atomic E-state index is 0.0287. The molecule has 1 saturated carbocycles. The molecule has 1 aromatic carbocycles. The van der Waals surface area contributed by atoms with E-state index in [1.54, 1.807) is 0 Å². The zero-order valence-corrected chi connectivity index (χ0v) is 18.2. The van der Waals surface area contributed by atoms with Gasteiger partial charge < -0.3 is 15.4 Å². The number of esters is 1. The smallest absolute Gasteiger partial charge is 0.325 e. The average molecular weight is 430 g/mol. The number of carbonyl (C=O) groups excluding carboxylic acids is 4. The van der Waals surface area contributed by atoms with Crippen molar-refractivity contribution in [3.05, 3.63) is 29.8 Å². The van der Waals surface area contributed by atoms with Crippen LogP contribution in [0.5, 0.6) is 0 Å². The van der Waals surface area contributed by atoms with Crippen LogP contribution >= 0.6 is 0 Å². The highest BCUT2D eigenvalue weighted by Gasteiger charge is 2.52. The highest BCUT2D eigenvalue weighted by molar-refractivity contribution is 6.07. The number of ether oxygens (including phenoxy) is 1. The van der Waals surface area contributed by atoms with Crippen LogP contribution in [0.25, 0.3) is 0 Å². The first-order chi connectivity index (χ1) is 14.8. The molecule has 168 valence electrons. The fourth-order valence-corrected chi connectivity index (χ4v) is 4.12. The van der Waals surface area contributed by atoms with Crippen LogP contribution in [0, 0.1) is 0 Å². The molecule has 0 bridgehead atoms. The van der Waals surface area contributed by atoms with E-state index in [0.29, 0.717) is 30.9 Å². The molecular formula is C23H31N3O5. The molecule has 8 nitrogen and oxygen atoms in total. The third kappa shape index (κ3) is 5.42. The Morgan fingerprint density at radius 2 is 1.87 bits per heavy atom. The number of hydrogen-bond acceptors (Lipinski definition) is 5. The number of nitrogens with one attached hydrogen (secondary N) is 2. The Morgan fingerprint density at radius 1 is 1.19 bits per heavy atom. The number of benzene rings is 1. The normalized spacial score (nSPS) is 18.2. The van der Waals surface area contributed by atoms with Crippen LogP contribution in [0.4, 0.5) is 10.5 Å². The van der Waals surface area contributed by atoms with Gasteiger partial charge in [-0.05, 0) is 49.3 Å². The standard InChI is InChI=1S/C23H31N3O5/c1-3-16(2)17-8-10-18(11-9-17)24-19(27)15-31-20(28)7-6-14-26-21(29)23(25-22(26)30)12-4-5-13-23/h8-11,16H,3-7,12-15H2,1-2H3,(H,24,27)(H,25,30)/t16-/m0/s1. The lowest BCUT2D eigenvalue weighted by Gasteiger charge is -2.19. The van der Waals surface area contributed by atoms with Gasteiger partial charge in [-0.1, -0.05) is 38.8 Å². The number of amides is 4. The first-order valence-corrected chi connectivity index (χ1v) is 11.0. The van der Waals surface area contributed by atoms with Gasteiger partial charge in [-0.3, -0.25) is 19.3 Å². The number of hydrogen-bond donors (Lipinski definition) is 2. The van der Waals surface area contributed by atoms with Crippen molar-refractivity contribution >= 4 is 29.5 Å². The molecule has 1 spiro atoms. The number of carbonyl (C=O) groups is 4. The summed E-state index contributed by atoms with van der Waals surface area (Å²) in [4.78, 5) is 49.8. The Kier molecular flexibility index (Phi) is 7.30. The van der Waals surface area contributed by atoms with E-state index in [1.807, 2.05) is 24.3 Å². The summed E-state index contributed by atoms with van der Waals surface area (Å²) in [6.07, 6.45) is 4.57. The zero-order chi connectivity index (χ0) is 22.4. The maximum Gasteiger partial charge on any atom is 0.325 e. The molecule has 8 heteroatoms. The monoisotopic (exact) mass is 429 g/mol.